The zero-order valence-corrected chi connectivity index (χ0v) is 14.3. The molecule has 1 aliphatic carbocycles. The van der Waals surface area contributed by atoms with Crippen LogP contribution in [-0.4, -0.2) is 33.7 Å². The predicted molar refractivity (Wildman–Crippen MR) is 93.0 cm³/mol. The maximum Gasteiger partial charge on any atom is 0.437 e. The molecule has 1 aromatic heterocycles. The summed E-state index contributed by atoms with van der Waals surface area (Å²) in [5.74, 6) is 0.457. The lowest BCUT2D eigenvalue weighted by Crippen LogP contribution is -2.42. The largest absolute Gasteiger partial charge is 0.437 e. The van der Waals surface area contributed by atoms with Crippen molar-refractivity contribution in [3.05, 3.63) is 40.9 Å². The predicted octanol–water partition coefficient (Wildman–Crippen LogP) is 2.86. The summed E-state index contributed by atoms with van der Waals surface area (Å²) in [6.45, 7) is 1.39. The van der Waals surface area contributed by atoms with E-state index in [9.17, 15) is 9.59 Å². The third kappa shape index (κ3) is 3.25. The maximum absolute atomic E-state index is 12.5. The van der Waals surface area contributed by atoms with Crippen LogP contribution in [0.4, 0.5) is 0 Å². The molecule has 2 heterocycles. The molecule has 2 aliphatic rings. The molecule has 4 rings (SSSR count). The van der Waals surface area contributed by atoms with E-state index in [0.717, 1.165) is 31.2 Å². The summed E-state index contributed by atoms with van der Waals surface area (Å²) in [6, 6.07) is 9.44. The Bertz CT molecular complexity index is 782. The van der Waals surface area contributed by atoms with Crippen LogP contribution in [0.2, 0.25) is 0 Å². The van der Waals surface area contributed by atoms with Gasteiger partial charge < -0.3 is 9.32 Å². The minimum atomic E-state index is -0.417. The van der Waals surface area contributed by atoms with Crippen LogP contribution in [0.25, 0.3) is 11.5 Å². The molecule has 0 unspecified atom stereocenters. The summed E-state index contributed by atoms with van der Waals surface area (Å²) >= 11 is 0. The van der Waals surface area contributed by atoms with Crippen LogP contribution in [0.3, 0.4) is 0 Å². The highest BCUT2D eigenvalue weighted by molar-refractivity contribution is 5.79. The van der Waals surface area contributed by atoms with Gasteiger partial charge in [-0.3, -0.25) is 4.79 Å². The van der Waals surface area contributed by atoms with E-state index in [4.69, 9.17) is 4.42 Å². The average Bonchev–Trinajstić information content (AvgIpc) is 3.32. The number of carbonyl (C=O) groups excluding carboxylic acids is 1. The van der Waals surface area contributed by atoms with Crippen molar-refractivity contribution in [2.24, 2.45) is 5.92 Å². The average molecular weight is 341 g/mol. The number of aromatic nitrogens is 2. The second kappa shape index (κ2) is 6.86. The fourth-order valence-electron chi connectivity index (χ4n) is 3.98. The van der Waals surface area contributed by atoms with E-state index >= 15 is 0 Å². The lowest BCUT2D eigenvalue weighted by Gasteiger charge is -2.33. The Hall–Kier alpha value is -2.37. The highest BCUT2D eigenvalue weighted by Gasteiger charge is 2.31. The van der Waals surface area contributed by atoms with E-state index in [-0.39, 0.29) is 12.0 Å². The van der Waals surface area contributed by atoms with Crippen molar-refractivity contribution in [1.82, 2.24) is 14.7 Å². The molecule has 0 radical (unpaired) electrons. The molecular formula is C19H23N3O3. The van der Waals surface area contributed by atoms with Crippen LogP contribution < -0.4 is 5.76 Å². The highest BCUT2D eigenvalue weighted by atomic mass is 16.4. The van der Waals surface area contributed by atoms with E-state index in [0.29, 0.717) is 24.9 Å². The van der Waals surface area contributed by atoms with Gasteiger partial charge in [0, 0.05) is 24.6 Å². The number of nitrogens with zero attached hydrogens (tertiary/aromatic N) is 3. The second-order valence-electron chi connectivity index (χ2n) is 7.02. The molecule has 132 valence electrons. The molecule has 1 aliphatic heterocycles. The lowest BCUT2D eigenvalue weighted by atomic mass is 10.0. The first-order chi connectivity index (χ1) is 12.2. The highest BCUT2D eigenvalue weighted by Crippen LogP contribution is 2.29. The zero-order valence-electron chi connectivity index (χ0n) is 14.3. The van der Waals surface area contributed by atoms with Crippen LogP contribution in [0.1, 0.15) is 44.6 Å². The molecule has 6 nitrogen and oxygen atoms in total. The fraction of sp³-hybridized carbons (Fsp3) is 0.526. The third-order valence-corrected chi connectivity index (χ3v) is 5.42. The Balaban J connectivity index is 1.43. The number of carbonyl (C=O) groups is 1. The minimum Gasteiger partial charge on any atom is -0.388 e. The third-order valence-electron chi connectivity index (χ3n) is 5.42. The molecule has 1 saturated heterocycles. The smallest absolute Gasteiger partial charge is 0.388 e. The molecule has 1 saturated carbocycles. The van der Waals surface area contributed by atoms with E-state index in [1.807, 2.05) is 35.2 Å². The van der Waals surface area contributed by atoms with Crippen LogP contribution >= 0.6 is 0 Å². The first-order valence-electron chi connectivity index (χ1n) is 9.16. The van der Waals surface area contributed by atoms with Gasteiger partial charge in [-0.2, -0.15) is 4.68 Å². The molecule has 1 amide bonds. The summed E-state index contributed by atoms with van der Waals surface area (Å²) < 4.78 is 6.78. The molecule has 0 N–H and O–H groups in total. The first-order valence-corrected chi connectivity index (χ1v) is 9.16. The van der Waals surface area contributed by atoms with Crippen molar-refractivity contribution < 1.29 is 9.21 Å². The molecule has 6 heteroatoms. The normalized spacial score (nSPS) is 19.4. The lowest BCUT2D eigenvalue weighted by molar-refractivity contribution is -0.136. The van der Waals surface area contributed by atoms with Crippen molar-refractivity contribution in [1.29, 1.82) is 0 Å². The summed E-state index contributed by atoms with van der Waals surface area (Å²) in [6.07, 6.45) is 5.90. The quantitative estimate of drug-likeness (QED) is 0.861. The van der Waals surface area contributed by atoms with Crippen molar-refractivity contribution in [2.75, 3.05) is 13.1 Å². The van der Waals surface area contributed by atoms with Crippen molar-refractivity contribution in [2.45, 2.75) is 44.6 Å². The van der Waals surface area contributed by atoms with E-state index in [1.54, 1.807) is 0 Å². The molecule has 0 bridgehead atoms. The molecule has 1 aromatic carbocycles. The van der Waals surface area contributed by atoms with Gasteiger partial charge in [0.15, 0.2) is 0 Å². The summed E-state index contributed by atoms with van der Waals surface area (Å²) in [4.78, 5) is 26.7. The minimum absolute atomic E-state index is 0.00124. The van der Waals surface area contributed by atoms with Gasteiger partial charge in [-0.25, -0.2) is 4.79 Å². The second-order valence-corrected chi connectivity index (χ2v) is 7.02. The summed E-state index contributed by atoms with van der Waals surface area (Å²) in [5.41, 5.74) is 0.798. The molecule has 0 spiro atoms. The Labute approximate surface area is 146 Å². The number of hydrogen-bond acceptors (Lipinski definition) is 4. The van der Waals surface area contributed by atoms with Crippen LogP contribution in [0, 0.1) is 5.92 Å². The molecule has 2 fully saturated rings. The van der Waals surface area contributed by atoms with Crippen LogP contribution in [-0.2, 0) is 4.79 Å². The standard InChI is InChI=1S/C19H23N3O3/c23-18(15-8-4-5-9-15)21-12-10-16(11-13-21)22-19(24)25-17(20-22)14-6-2-1-3-7-14/h1-3,6-7,15-16H,4-5,8-13H2. The van der Waals surface area contributed by atoms with Gasteiger partial charge in [-0.05, 0) is 37.8 Å². The van der Waals surface area contributed by atoms with Gasteiger partial charge in [0.05, 0.1) is 6.04 Å². The number of hydrogen-bond donors (Lipinski definition) is 0. The number of benzene rings is 1. The Morgan fingerprint density at radius 3 is 2.40 bits per heavy atom. The summed E-state index contributed by atoms with van der Waals surface area (Å²) in [5, 5.41) is 4.39. The Kier molecular flexibility index (Phi) is 4.42. The van der Waals surface area contributed by atoms with Crippen molar-refractivity contribution in [3.8, 4) is 11.5 Å². The van der Waals surface area contributed by atoms with Gasteiger partial charge in [0.25, 0.3) is 0 Å². The monoisotopic (exact) mass is 341 g/mol. The van der Waals surface area contributed by atoms with Gasteiger partial charge in [0.2, 0.25) is 11.8 Å². The number of likely N-dealkylation sites (tertiary alicyclic amines) is 1. The van der Waals surface area contributed by atoms with Gasteiger partial charge >= 0.3 is 5.76 Å². The van der Waals surface area contributed by atoms with Gasteiger partial charge in [0.1, 0.15) is 0 Å². The Morgan fingerprint density at radius 2 is 1.72 bits per heavy atom. The SMILES string of the molecule is O=C(C1CCCC1)N1CCC(n2nc(-c3ccccc3)oc2=O)CC1. The Morgan fingerprint density at radius 1 is 1.04 bits per heavy atom. The molecule has 0 atom stereocenters. The van der Waals surface area contributed by atoms with E-state index < -0.39 is 5.76 Å². The number of rotatable bonds is 3. The van der Waals surface area contributed by atoms with Crippen molar-refractivity contribution >= 4 is 5.91 Å². The number of amides is 1. The zero-order chi connectivity index (χ0) is 17.2. The summed E-state index contributed by atoms with van der Waals surface area (Å²) in [7, 11) is 0. The van der Waals surface area contributed by atoms with Gasteiger partial charge in [-0.1, -0.05) is 31.0 Å². The molecule has 25 heavy (non-hydrogen) atoms. The van der Waals surface area contributed by atoms with Crippen molar-refractivity contribution in [3.63, 3.8) is 0 Å². The molecular weight excluding hydrogens is 318 g/mol. The van der Waals surface area contributed by atoms with Crippen LogP contribution in [0.5, 0.6) is 0 Å². The topological polar surface area (TPSA) is 68.3 Å². The fourth-order valence-corrected chi connectivity index (χ4v) is 3.98. The number of piperidine rings is 1. The van der Waals surface area contributed by atoms with E-state index in [2.05, 4.69) is 5.10 Å². The maximum atomic E-state index is 12.5. The van der Waals surface area contributed by atoms with Gasteiger partial charge in [-0.15, -0.1) is 5.10 Å². The van der Waals surface area contributed by atoms with Crippen LogP contribution in [0.15, 0.2) is 39.5 Å². The van der Waals surface area contributed by atoms with E-state index in [1.165, 1.54) is 17.5 Å². The first kappa shape index (κ1) is 16.1. The molecule has 2 aromatic rings.